The molecule has 4 atom stereocenters. The topological polar surface area (TPSA) is 211 Å². The lowest BCUT2D eigenvalue weighted by molar-refractivity contribution is -0.143. The van der Waals surface area contributed by atoms with Crippen molar-refractivity contribution in [2.45, 2.75) is 50.9 Å². The van der Waals surface area contributed by atoms with Crippen LogP contribution in [0.1, 0.15) is 25.8 Å². The van der Waals surface area contributed by atoms with Crippen molar-refractivity contribution in [1.29, 1.82) is 0 Å². The van der Waals surface area contributed by atoms with Gasteiger partial charge < -0.3 is 42.1 Å². The van der Waals surface area contributed by atoms with E-state index in [1.807, 2.05) is 0 Å². The Hall–Kier alpha value is -3.22. The second-order valence-corrected chi connectivity index (χ2v) is 7.99. The summed E-state index contributed by atoms with van der Waals surface area (Å²) in [5, 5.41) is 43.9. The molecular formula is C21H32N4O8. The number of aromatic hydroxyl groups is 1. The Balaban J connectivity index is 3.08. The second-order valence-electron chi connectivity index (χ2n) is 7.99. The highest BCUT2D eigenvalue weighted by atomic mass is 16.4. The number of aliphatic hydroxyl groups excluding tert-OH is 2. The van der Waals surface area contributed by atoms with Gasteiger partial charge in [0.25, 0.3) is 0 Å². The van der Waals surface area contributed by atoms with Gasteiger partial charge in [0.2, 0.25) is 17.7 Å². The smallest absolute Gasteiger partial charge is 0.328 e. The molecule has 0 saturated heterocycles. The summed E-state index contributed by atoms with van der Waals surface area (Å²) in [4.78, 5) is 49.0. The molecule has 0 heterocycles. The van der Waals surface area contributed by atoms with E-state index in [0.717, 1.165) is 0 Å². The lowest BCUT2D eigenvalue weighted by Crippen LogP contribution is -2.58. The summed E-state index contributed by atoms with van der Waals surface area (Å²) in [5.41, 5.74) is 6.11. The number of hydrogen-bond donors (Lipinski definition) is 8. The Morgan fingerprint density at radius 1 is 0.848 bits per heavy atom. The first-order valence-corrected chi connectivity index (χ1v) is 10.4. The van der Waals surface area contributed by atoms with Crippen molar-refractivity contribution >= 4 is 23.7 Å². The minimum absolute atomic E-state index is 0.0108. The number of rotatable bonds is 13. The standard InChI is InChI=1S/C21H32N4O8/c1-11(2)7-15(19(30)25-17(10-27)21(32)33)24-20(31)16(23-18(29)14(22)9-26)8-12-3-5-13(28)6-4-12/h3-6,11,14-17,26-28H,7-10,22H2,1-2H3,(H,23,29)(H,24,31)(H,25,30)(H,32,33)/t14-,15-,16-,17-/m0/s1. The predicted octanol–water partition coefficient (Wildman–Crippen LogP) is -2.17. The third-order valence-electron chi connectivity index (χ3n) is 4.68. The van der Waals surface area contributed by atoms with Crippen LogP contribution in [0.25, 0.3) is 0 Å². The predicted molar refractivity (Wildman–Crippen MR) is 117 cm³/mol. The molecular weight excluding hydrogens is 436 g/mol. The Labute approximate surface area is 191 Å². The maximum absolute atomic E-state index is 13.0. The number of aliphatic hydroxyl groups is 2. The van der Waals surface area contributed by atoms with Gasteiger partial charge in [-0.05, 0) is 30.0 Å². The summed E-state index contributed by atoms with van der Waals surface area (Å²) in [6.07, 6.45) is 0.145. The zero-order chi connectivity index (χ0) is 25.1. The molecule has 9 N–H and O–H groups in total. The van der Waals surface area contributed by atoms with Crippen molar-refractivity contribution < 1.29 is 39.6 Å². The fourth-order valence-electron chi connectivity index (χ4n) is 2.87. The Morgan fingerprint density at radius 3 is 1.85 bits per heavy atom. The first-order chi connectivity index (χ1) is 15.5. The van der Waals surface area contributed by atoms with Gasteiger partial charge in [-0.1, -0.05) is 26.0 Å². The number of carboxylic acid groups (broad SMARTS) is 1. The van der Waals surface area contributed by atoms with Crippen molar-refractivity contribution in [1.82, 2.24) is 16.0 Å². The van der Waals surface area contributed by atoms with Crippen LogP contribution in [-0.4, -0.2) is 81.5 Å². The fourth-order valence-corrected chi connectivity index (χ4v) is 2.87. The van der Waals surface area contributed by atoms with E-state index in [1.54, 1.807) is 26.0 Å². The molecule has 0 bridgehead atoms. The number of carboxylic acids is 1. The van der Waals surface area contributed by atoms with Gasteiger partial charge in [-0.15, -0.1) is 0 Å². The van der Waals surface area contributed by atoms with Crippen LogP contribution >= 0.6 is 0 Å². The number of aliphatic carboxylic acids is 1. The maximum Gasteiger partial charge on any atom is 0.328 e. The SMILES string of the molecule is CC(C)C[C@H](NC(=O)[C@H](Cc1ccc(O)cc1)NC(=O)[C@@H](N)CO)C(=O)N[C@@H](CO)C(=O)O. The zero-order valence-corrected chi connectivity index (χ0v) is 18.5. The summed E-state index contributed by atoms with van der Waals surface area (Å²) in [5.74, 6) is -3.81. The molecule has 0 aliphatic rings. The van der Waals surface area contributed by atoms with Gasteiger partial charge in [-0.25, -0.2) is 4.79 Å². The van der Waals surface area contributed by atoms with E-state index in [0.29, 0.717) is 5.56 Å². The van der Waals surface area contributed by atoms with Crippen LogP contribution in [0.5, 0.6) is 5.75 Å². The molecule has 1 rings (SSSR count). The van der Waals surface area contributed by atoms with E-state index >= 15 is 0 Å². The van der Waals surface area contributed by atoms with Gasteiger partial charge >= 0.3 is 5.97 Å². The summed E-state index contributed by atoms with van der Waals surface area (Å²) in [6, 6.07) is 0.764. The van der Waals surface area contributed by atoms with E-state index in [1.165, 1.54) is 12.1 Å². The Morgan fingerprint density at radius 2 is 1.36 bits per heavy atom. The largest absolute Gasteiger partial charge is 0.508 e. The van der Waals surface area contributed by atoms with E-state index in [2.05, 4.69) is 16.0 Å². The zero-order valence-electron chi connectivity index (χ0n) is 18.5. The first-order valence-electron chi connectivity index (χ1n) is 10.4. The van der Waals surface area contributed by atoms with E-state index in [-0.39, 0.29) is 24.5 Å². The van der Waals surface area contributed by atoms with Crippen molar-refractivity contribution in [3.05, 3.63) is 29.8 Å². The summed E-state index contributed by atoms with van der Waals surface area (Å²) in [7, 11) is 0. The molecule has 0 spiro atoms. The van der Waals surface area contributed by atoms with Crippen molar-refractivity contribution in [2.75, 3.05) is 13.2 Å². The van der Waals surface area contributed by atoms with Gasteiger partial charge in [0.15, 0.2) is 0 Å². The van der Waals surface area contributed by atoms with E-state index < -0.39 is 61.1 Å². The lowest BCUT2D eigenvalue weighted by atomic mass is 10.0. The van der Waals surface area contributed by atoms with Crippen LogP contribution in [0, 0.1) is 5.92 Å². The van der Waals surface area contributed by atoms with E-state index in [4.69, 9.17) is 21.1 Å². The van der Waals surface area contributed by atoms with Crippen molar-refractivity contribution in [2.24, 2.45) is 11.7 Å². The molecule has 184 valence electrons. The second kappa shape index (κ2) is 13.4. The molecule has 0 aliphatic heterocycles. The van der Waals surface area contributed by atoms with Gasteiger partial charge in [0.05, 0.1) is 13.2 Å². The number of benzene rings is 1. The maximum atomic E-state index is 13.0. The molecule has 12 nitrogen and oxygen atoms in total. The number of amides is 3. The third kappa shape index (κ3) is 9.43. The molecule has 0 saturated carbocycles. The van der Waals surface area contributed by atoms with E-state index in [9.17, 15) is 24.3 Å². The van der Waals surface area contributed by atoms with Gasteiger partial charge in [0, 0.05) is 6.42 Å². The molecule has 33 heavy (non-hydrogen) atoms. The highest BCUT2D eigenvalue weighted by molar-refractivity contribution is 5.94. The molecule has 0 aliphatic carbocycles. The molecule has 0 aromatic heterocycles. The molecule has 12 heteroatoms. The number of nitrogens with one attached hydrogen (secondary N) is 3. The van der Waals surface area contributed by atoms with Gasteiger partial charge in [-0.2, -0.15) is 0 Å². The van der Waals surface area contributed by atoms with Crippen LogP contribution in [0.2, 0.25) is 0 Å². The summed E-state index contributed by atoms with van der Waals surface area (Å²) < 4.78 is 0. The van der Waals surface area contributed by atoms with Crippen LogP contribution < -0.4 is 21.7 Å². The Bertz CT molecular complexity index is 815. The highest BCUT2D eigenvalue weighted by Crippen LogP contribution is 2.12. The number of nitrogens with two attached hydrogens (primary N) is 1. The van der Waals surface area contributed by atoms with Crippen LogP contribution in [-0.2, 0) is 25.6 Å². The summed E-state index contributed by atoms with van der Waals surface area (Å²) in [6.45, 7) is 2.11. The monoisotopic (exact) mass is 468 g/mol. The van der Waals surface area contributed by atoms with Crippen molar-refractivity contribution in [3.63, 3.8) is 0 Å². The molecule has 3 amide bonds. The average molecular weight is 469 g/mol. The van der Waals surface area contributed by atoms with Crippen molar-refractivity contribution in [3.8, 4) is 5.75 Å². The highest BCUT2D eigenvalue weighted by Gasteiger charge is 2.30. The minimum atomic E-state index is -1.54. The third-order valence-corrected chi connectivity index (χ3v) is 4.68. The molecule has 0 unspecified atom stereocenters. The number of carbonyl (C=O) groups excluding carboxylic acids is 3. The molecule has 1 aromatic rings. The quantitative estimate of drug-likeness (QED) is 0.158. The van der Waals surface area contributed by atoms with Gasteiger partial charge in [-0.3, -0.25) is 14.4 Å². The van der Waals surface area contributed by atoms with Gasteiger partial charge in [0.1, 0.15) is 29.9 Å². The minimum Gasteiger partial charge on any atom is -0.508 e. The normalized spacial score (nSPS) is 14.6. The number of hydrogen-bond acceptors (Lipinski definition) is 8. The Kier molecular flexibility index (Phi) is 11.3. The van der Waals surface area contributed by atoms with Crippen LogP contribution in [0.15, 0.2) is 24.3 Å². The lowest BCUT2D eigenvalue weighted by Gasteiger charge is -2.25. The van der Waals surface area contributed by atoms with Crippen LogP contribution in [0.4, 0.5) is 0 Å². The number of carbonyl (C=O) groups is 4. The first kappa shape index (κ1) is 27.8. The number of phenols is 1. The molecule has 0 radical (unpaired) electrons. The fraction of sp³-hybridized carbons (Fsp3) is 0.524. The molecule has 1 aromatic carbocycles. The number of phenolic OH excluding ortho intramolecular Hbond substituents is 1. The molecule has 0 fully saturated rings. The average Bonchev–Trinajstić information content (AvgIpc) is 2.76. The summed E-state index contributed by atoms with van der Waals surface area (Å²) >= 11 is 0. The van der Waals surface area contributed by atoms with Crippen LogP contribution in [0.3, 0.4) is 0 Å².